The fourth-order valence-corrected chi connectivity index (χ4v) is 1.25. The molecule has 0 atom stereocenters. The SMILES string of the molecule is CNCCC=Cc1cccc(C(F)F)c1. The van der Waals surface area contributed by atoms with Crippen LogP contribution in [0.1, 0.15) is 24.0 Å². The van der Waals surface area contributed by atoms with Crippen LogP contribution in [0.4, 0.5) is 8.78 Å². The van der Waals surface area contributed by atoms with Crippen molar-refractivity contribution in [2.24, 2.45) is 0 Å². The lowest BCUT2D eigenvalue weighted by atomic mass is 10.1. The molecular weight excluding hydrogens is 196 g/mol. The van der Waals surface area contributed by atoms with Crippen molar-refractivity contribution in [1.29, 1.82) is 0 Å². The highest BCUT2D eigenvalue weighted by Gasteiger charge is 2.05. The molecule has 0 aliphatic carbocycles. The zero-order valence-corrected chi connectivity index (χ0v) is 8.71. The smallest absolute Gasteiger partial charge is 0.263 e. The average Bonchev–Trinajstić information content (AvgIpc) is 2.25. The zero-order chi connectivity index (χ0) is 11.1. The van der Waals surface area contributed by atoms with Gasteiger partial charge in [0.15, 0.2) is 0 Å². The van der Waals surface area contributed by atoms with Crippen LogP contribution in [0.3, 0.4) is 0 Å². The third kappa shape index (κ3) is 4.21. The minimum Gasteiger partial charge on any atom is -0.319 e. The van der Waals surface area contributed by atoms with Crippen LogP contribution in [0.25, 0.3) is 6.08 Å². The molecule has 0 amide bonds. The van der Waals surface area contributed by atoms with Gasteiger partial charge in [-0.3, -0.25) is 0 Å². The van der Waals surface area contributed by atoms with Gasteiger partial charge in [-0.05, 0) is 31.6 Å². The summed E-state index contributed by atoms with van der Waals surface area (Å²) in [5.41, 5.74) is 0.898. The van der Waals surface area contributed by atoms with Gasteiger partial charge in [-0.1, -0.05) is 30.4 Å². The molecule has 82 valence electrons. The Balaban J connectivity index is 2.61. The van der Waals surface area contributed by atoms with E-state index < -0.39 is 6.43 Å². The molecule has 0 heterocycles. The maximum atomic E-state index is 12.4. The summed E-state index contributed by atoms with van der Waals surface area (Å²) in [7, 11) is 1.88. The van der Waals surface area contributed by atoms with Crippen molar-refractivity contribution in [2.75, 3.05) is 13.6 Å². The van der Waals surface area contributed by atoms with E-state index in [9.17, 15) is 8.78 Å². The quantitative estimate of drug-likeness (QED) is 0.737. The molecule has 0 aliphatic heterocycles. The number of halogens is 2. The number of hydrogen-bond donors (Lipinski definition) is 1. The first-order valence-electron chi connectivity index (χ1n) is 4.93. The van der Waals surface area contributed by atoms with Crippen molar-refractivity contribution in [1.82, 2.24) is 5.32 Å². The summed E-state index contributed by atoms with van der Waals surface area (Å²) >= 11 is 0. The molecule has 15 heavy (non-hydrogen) atoms. The van der Waals surface area contributed by atoms with Crippen LogP contribution in [-0.2, 0) is 0 Å². The van der Waals surface area contributed by atoms with Gasteiger partial charge in [0, 0.05) is 5.56 Å². The van der Waals surface area contributed by atoms with Gasteiger partial charge in [0.25, 0.3) is 6.43 Å². The lowest BCUT2D eigenvalue weighted by Crippen LogP contribution is -2.05. The number of hydrogen-bond acceptors (Lipinski definition) is 1. The molecule has 1 rings (SSSR count). The van der Waals surface area contributed by atoms with E-state index in [1.807, 2.05) is 25.3 Å². The molecule has 0 radical (unpaired) electrons. The second-order valence-electron chi connectivity index (χ2n) is 3.27. The van der Waals surface area contributed by atoms with E-state index in [-0.39, 0.29) is 5.56 Å². The first kappa shape index (κ1) is 11.9. The highest BCUT2D eigenvalue weighted by atomic mass is 19.3. The Morgan fingerprint density at radius 2 is 2.20 bits per heavy atom. The monoisotopic (exact) mass is 211 g/mol. The summed E-state index contributed by atoms with van der Waals surface area (Å²) in [6.07, 6.45) is 2.34. The Morgan fingerprint density at radius 3 is 2.87 bits per heavy atom. The van der Waals surface area contributed by atoms with Gasteiger partial charge in [0.05, 0.1) is 0 Å². The van der Waals surface area contributed by atoms with Crippen LogP contribution in [0.2, 0.25) is 0 Å². The number of alkyl halides is 2. The summed E-state index contributed by atoms with van der Waals surface area (Å²) in [6, 6.07) is 6.43. The number of benzene rings is 1. The van der Waals surface area contributed by atoms with Gasteiger partial charge in [-0.2, -0.15) is 0 Å². The Hall–Kier alpha value is -1.22. The Bertz CT molecular complexity index is 321. The highest BCUT2D eigenvalue weighted by Crippen LogP contribution is 2.19. The largest absolute Gasteiger partial charge is 0.319 e. The Labute approximate surface area is 88.8 Å². The minimum absolute atomic E-state index is 0.0748. The van der Waals surface area contributed by atoms with Crippen molar-refractivity contribution in [2.45, 2.75) is 12.8 Å². The minimum atomic E-state index is -2.39. The van der Waals surface area contributed by atoms with Crippen molar-refractivity contribution >= 4 is 6.08 Å². The molecule has 1 aromatic rings. The van der Waals surface area contributed by atoms with Gasteiger partial charge in [0.1, 0.15) is 0 Å². The third-order valence-electron chi connectivity index (χ3n) is 2.03. The normalized spacial score (nSPS) is 11.5. The summed E-state index contributed by atoms with van der Waals surface area (Å²) in [4.78, 5) is 0. The van der Waals surface area contributed by atoms with Crippen LogP contribution in [0.15, 0.2) is 30.3 Å². The second kappa shape index (κ2) is 6.30. The van der Waals surface area contributed by atoms with E-state index in [2.05, 4.69) is 5.32 Å². The molecule has 0 spiro atoms. The molecular formula is C12H15F2N. The molecule has 0 aromatic heterocycles. The molecule has 0 bridgehead atoms. The Morgan fingerprint density at radius 1 is 1.40 bits per heavy atom. The van der Waals surface area contributed by atoms with E-state index >= 15 is 0 Å². The number of rotatable bonds is 5. The van der Waals surface area contributed by atoms with Gasteiger partial charge in [-0.15, -0.1) is 0 Å². The Kier molecular flexibility index (Phi) is 4.98. The van der Waals surface area contributed by atoms with Crippen LogP contribution in [-0.4, -0.2) is 13.6 Å². The lowest BCUT2D eigenvalue weighted by molar-refractivity contribution is 0.151. The zero-order valence-electron chi connectivity index (χ0n) is 8.71. The van der Waals surface area contributed by atoms with Crippen molar-refractivity contribution in [3.8, 4) is 0 Å². The van der Waals surface area contributed by atoms with Crippen molar-refractivity contribution in [3.05, 3.63) is 41.5 Å². The molecule has 1 aromatic carbocycles. The van der Waals surface area contributed by atoms with Crippen LogP contribution < -0.4 is 5.32 Å². The third-order valence-corrected chi connectivity index (χ3v) is 2.03. The van der Waals surface area contributed by atoms with E-state index in [0.29, 0.717) is 0 Å². The van der Waals surface area contributed by atoms with Gasteiger partial charge >= 0.3 is 0 Å². The summed E-state index contributed by atoms with van der Waals surface area (Å²) in [6.45, 7) is 0.894. The maximum Gasteiger partial charge on any atom is 0.263 e. The predicted molar refractivity (Wildman–Crippen MR) is 59.0 cm³/mol. The standard InChI is InChI=1S/C12H15F2N/c1-15-8-3-2-5-10-6-4-7-11(9-10)12(13)14/h2,4-7,9,12,15H,3,8H2,1H3. The topological polar surface area (TPSA) is 12.0 Å². The fraction of sp³-hybridized carbons (Fsp3) is 0.333. The first-order chi connectivity index (χ1) is 7.24. The first-order valence-corrected chi connectivity index (χ1v) is 4.93. The van der Waals surface area contributed by atoms with Crippen LogP contribution >= 0.6 is 0 Å². The molecule has 0 unspecified atom stereocenters. The molecule has 3 heteroatoms. The summed E-state index contributed by atoms with van der Waals surface area (Å²) in [5.74, 6) is 0. The van der Waals surface area contributed by atoms with Crippen LogP contribution in [0.5, 0.6) is 0 Å². The molecule has 0 fully saturated rings. The second-order valence-corrected chi connectivity index (χ2v) is 3.27. The molecule has 1 nitrogen and oxygen atoms in total. The average molecular weight is 211 g/mol. The predicted octanol–water partition coefficient (Wildman–Crippen LogP) is 3.25. The molecule has 0 saturated carbocycles. The van der Waals surface area contributed by atoms with Crippen molar-refractivity contribution < 1.29 is 8.78 Å². The van der Waals surface area contributed by atoms with Crippen LogP contribution in [0, 0.1) is 0 Å². The van der Waals surface area contributed by atoms with E-state index in [0.717, 1.165) is 18.5 Å². The summed E-state index contributed by atoms with van der Waals surface area (Å²) in [5, 5.41) is 3.01. The molecule has 1 N–H and O–H groups in total. The van der Waals surface area contributed by atoms with E-state index in [1.54, 1.807) is 6.07 Å². The number of nitrogens with one attached hydrogen (secondary N) is 1. The van der Waals surface area contributed by atoms with E-state index in [1.165, 1.54) is 12.1 Å². The van der Waals surface area contributed by atoms with Gasteiger partial charge in [0.2, 0.25) is 0 Å². The highest BCUT2D eigenvalue weighted by molar-refractivity contribution is 5.50. The molecule has 0 aliphatic rings. The van der Waals surface area contributed by atoms with Crippen molar-refractivity contribution in [3.63, 3.8) is 0 Å². The molecule has 0 saturated heterocycles. The lowest BCUT2D eigenvalue weighted by Gasteiger charge is -2.00. The van der Waals surface area contributed by atoms with Gasteiger partial charge < -0.3 is 5.32 Å². The summed E-state index contributed by atoms with van der Waals surface area (Å²) < 4.78 is 24.7. The maximum absolute atomic E-state index is 12.4. The van der Waals surface area contributed by atoms with Gasteiger partial charge in [-0.25, -0.2) is 8.78 Å². The fourth-order valence-electron chi connectivity index (χ4n) is 1.25. The van der Waals surface area contributed by atoms with E-state index in [4.69, 9.17) is 0 Å².